The molecule has 0 aliphatic carbocycles. The molecule has 2 aliphatic heterocycles. The van der Waals surface area contributed by atoms with E-state index in [1.54, 1.807) is 7.11 Å². The highest BCUT2D eigenvalue weighted by molar-refractivity contribution is 5.87. The molecule has 38 heavy (non-hydrogen) atoms. The summed E-state index contributed by atoms with van der Waals surface area (Å²) in [5.41, 5.74) is 1.82. The first-order valence-corrected chi connectivity index (χ1v) is 13.9. The van der Waals surface area contributed by atoms with Crippen LogP contribution in [0.5, 0.6) is 23.1 Å². The molecule has 2 saturated heterocycles. The minimum atomic E-state index is 0.489. The molecule has 2 aliphatic rings. The Bertz CT molecular complexity index is 1360. The van der Waals surface area contributed by atoms with Gasteiger partial charge >= 0.3 is 0 Å². The lowest BCUT2D eigenvalue weighted by atomic mass is 10.00. The molecule has 0 spiro atoms. The third-order valence-corrected chi connectivity index (χ3v) is 7.96. The minimum Gasteiger partial charge on any atom is -0.493 e. The quantitative estimate of drug-likeness (QED) is 0.290. The summed E-state index contributed by atoms with van der Waals surface area (Å²) >= 11 is 0. The average Bonchev–Trinajstić information content (AvgIpc) is 3.44. The van der Waals surface area contributed by atoms with E-state index in [1.807, 2.05) is 42.6 Å². The standard InChI is InChI=1S/C30H37N5O3/c1-36-28-19-25-27(32-21-33-30(25)38-24-6-7-26-22(18-24)8-11-31-26)20-29(28)37-17-5-12-34-15-9-23(10-16-34)35-13-3-2-4-14-35/h6-8,11,18-21,23,31H,2-5,9-10,12-17H2,1H3. The minimum absolute atomic E-state index is 0.489. The molecule has 0 atom stereocenters. The van der Waals surface area contributed by atoms with Gasteiger partial charge in [-0.15, -0.1) is 0 Å². The summed E-state index contributed by atoms with van der Waals surface area (Å²) in [4.78, 5) is 17.4. The summed E-state index contributed by atoms with van der Waals surface area (Å²) in [6.45, 7) is 6.68. The molecule has 4 heterocycles. The van der Waals surface area contributed by atoms with E-state index in [9.17, 15) is 0 Å². The van der Waals surface area contributed by atoms with E-state index in [-0.39, 0.29) is 0 Å². The van der Waals surface area contributed by atoms with E-state index in [0.717, 1.165) is 46.6 Å². The molecule has 8 nitrogen and oxygen atoms in total. The Kier molecular flexibility index (Phi) is 7.60. The summed E-state index contributed by atoms with van der Waals surface area (Å²) in [7, 11) is 1.66. The molecule has 8 heteroatoms. The number of piperidine rings is 2. The van der Waals surface area contributed by atoms with Gasteiger partial charge in [0.15, 0.2) is 11.5 Å². The number of nitrogens with one attached hydrogen (secondary N) is 1. The lowest BCUT2D eigenvalue weighted by Crippen LogP contribution is -2.46. The zero-order valence-electron chi connectivity index (χ0n) is 22.2. The van der Waals surface area contributed by atoms with E-state index < -0.39 is 0 Å². The fourth-order valence-corrected chi connectivity index (χ4v) is 5.86. The van der Waals surface area contributed by atoms with Gasteiger partial charge in [0.05, 0.1) is 24.6 Å². The van der Waals surface area contributed by atoms with Gasteiger partial charge in [-0.2, -0.15) is 0 Å². The van der Waals surface area contributed by atoms with Gasteiger partial charge in [0.25, 0.3) is 0 Å². The van der Waals surface area contributed by atoms with Gasteiger partial charge in [-0.05, 0) is 88.6 Å². The average molecular weight is 516 g/mol. The number of likely N-dealkylation sites (tertiary alicyclic amines) is 2. The number of rotatable bonds is 9. The Morgan fingerprint density at radius 2 is 1.82 bits per heavy atom. The number of methoxy groups -OCH3 is 1. The Morgan fingerprint density at radius 3 is 2.66 bits per heavy atom. The molecule has 2 aromatic carbocycles. The fourth-order valence-electron chi connectivity index (χ4n) is 5.86. The van der Waals surface area contributed by atoms with Gasteiger partial charge in [0.1, 0.15) is 12.1 Å². The Morgan fingerprint density at radius 1 is 0.947 bits per heavy atom. The predicted octanol–water partition coefficient (Wildman–Crippen LogP) is 5.63. The number of aromatic amines is 1. The zero-order chi connectivity index (χ0) is 25.7. The Balaban J connectivity index is 1.05. The molecule has 0 unspecified atom stereocenters. The largest absolute Gasteiger partial charge is 0.493 e. The number of nitrogens with zero attached hydrogens (tertiary/aromatic N) is 4. The van der Waals surface area contributed by atoms with Crippen molar-refractivity contribution in [3.63, 3.8) is 0 Å². The third kappa shape index (κ3) is 5.56. The summed E-state index contributed by atoms with van der Waals surface area (Å²) in [6.07, 6.45) is 11.2. The number of hydrogen-bond acceptors (Lipinski definition) is 7. The van der Waals surface area contributed by atoms with E-state index in [2.05, 4.69) is 24.8 Å². The van der Waals surface area contributed by atoms with Crippen molar-refractivity contribution in [2.45, 2.75) is 44.6 Å². The van der Waals surface area contributed by atoms with Crippen LogP contribution in [0.25, 0.3) is 21.8 Å². The van der Waals surface area contributed by atoms with Crippen LogP contribution >= 0.6 is 0 Å². The molecule has 0 amide bonds. The van der Waals surface area contributed by atoms with E-state index in [4.69, 9.17) is 14.2 Å². The first-order chi connectivity index (χ1) is 18.8. The Hall–Kier alpha value is -3.36. The maximum Gasteiger partial charge on any atom is 0.230 e. The molecule has 0 radical (unpaired) electrons. The van der Waals surface area contributed by atoms with Gasteiger partial charge in [-0.3, -0.25) is 0 Å². The summed E-state index contributed by atoms with van der Waals surface area (Å²) in [5.74, 6) is 2.56. The van der Waals surface area contributed by atoms with Gasteiger partial charge in [0, 0.05) is 35.8 Å². The molecule has 2 fully saturated rings. The van der Waals surface area contributed by atoms with Gasteiger partial charge in [-0.1, -0.05) is 6.42 Å². The maximum atomic E-state index is 6.18. The molecule has 0 bridgehead atoms. The first-order valence-electron chi connectivity index (χ1n) is 13.9. The number of hydrogen-bond donors (Lipinski definition) is 1. The summed E-state index contributed by atoms with van der Waals surface area (Å²) in [6, 6.07) is 12.5. The molecule has 0 saturated carbocycles. The fraction of sp³-hybridized carbons (Fsp3) is 0.467. The zero-order valence-corrected chi connectivity index (χ0v) is 22.2. The highest BCUT2D eigenvalue weighted by Gasteiger charge is 2.25. The smallest absolute Gasteiger partial charge is 0.230 e. The van der Waals surface area contributed by atoms with Crippen LogP contribution in [-0.4, -0.2) is 77.2 Å². The monoisotopic (exact) mass is 515 g/mol. The summed E-state index contributed by atoms with van der Waals surface area (Å²) in [5, 5.41) is 1.86. The van der Waals surface area contributed by atoms with Crippen LogP contribution in [0, 0.1) is 0 Å². The van der Waals surface area contributed by atoms with Crippen molar-refractivity contribution in [3.05, 3.63) is 48.9 Å². The van der Waals surface area contributed by atoms with Crippen molar-refractivity contribution in [1.29, 1.82) is 0 Å². The van der Waals surface area contributed by atoms with Crippen LogP contribution in [0.15, 0.2) is 48.9 Å². The second kappa shape index (κ2) is 11.6. The lowest BCUT2D eigenvalue weighted by molar-refractivity contribution is 0.0900. The van der Waals surface area contributed by atoms with Crippen LogP contribution in [0.1, 0.15) is 38.5 Å². The first kappa shape index (κ1) is 24.9. The highest BCUT2D eigenvalue weighted by atomic mass is 16.5. The van der Waals surface area contributed by atoms with Crippen molar-refractivity contribution in [3.8, 4) is 23.1 Å². The topological polar surface area (TPSA) is 75.7 Å². The Labute approximate surface area is 223 Å². The molecule has 200 valence electrons. The van der Waals surface area contributed by atoms with Crippen LogP contribution in [0.4, 0.5) is 0 Å². The van der Waals surface area contributed by atoms with Crippen molar-refractivity contribution >= 4 is 21.8 Å². The second-order valence-corrected chi connectivity index (χ2v) is 10.4. The second-order valence-electron chi connectivity index (χ2n) is 10.4. The van der Waals surface area contributed by atoms with Crippen LogP contribution < -0.4 is 14.2 Å². The predicted molar refractivity (Wildman–Crippen MR) is 149 cm³/mol. The van der Waals surface area contributed by atoms with E-state index >= 15 is 0 Å². The normalized spacial score (nSPS) is 17.7. The van der Waals surface area contributed by atoms with Gasteiger partial charge in [-0.25, -0.2) is 9.97 Å². The highest BCUT2D eigenvalue weighted by Crippen LogP contribution is 2.36. The number of fused-ring (bicyclic) bond motifs is 2. The molecule has 1 N–H and O–H groups in total. The molecule has 2 aromatic heterocycles. The number of aromatic nitrogens is 3. The van der Waals surface area contributed by atoms with Gasteiger partial charge < -0.3 is 29.0 Å². The van der Waals surface area contributed by atoms with Crippen LogP contribution in [-0.2, 0) is 0 Å². The molecular weight excluding hydrogens is 478 g/mol. The molecular formula is C30H37N5O3. The SMILES string of the molecule is COc1cc2c(Oc3ccc4[nH]ccc4c3)ncnc2cc1OCCCN1CCC(N2CCCCC2)CC1. The van der Waals surface area contributed by atoms with E-state index in [1.165, 1.54) is 64.6 Å². The van der Waals surface area contributed by atoms with Crippen molar-refractivity contribution in [2.24, 2.45) is 0 Å². The molecule has 6 rings (SSSR count). The van der Waals surface area contributed by atoms with Gasteiger partial charge in [0.2, 0.25) is 5.88 Å². The third-order valence-electron chi connectivity index (χ3n) is 7.96. The van der Waals surface area contributed by atoms with Crippen LogP contribution in [0.3, 0.4) is 0 Å². The molecule has 4 aromatic rings. The van der Waals surface area contributed by atoms with Crippen molar-refractivity contribution in [2.75, 3.05) is 46.4 Å². The van der Waals surface area contributed by atoms with E-state index in [0.29, 0.717) is 24.0 Å². The van der Waals surface area contributed by atoms with Crippen LogP contribution in [0.2, 0.25) is 0 Å². The van der Waals surface area contributed by atoms with Crippen molar-refractivity contribution < 1.29 is 14.2 Å². The number of benzene rings is 2. The summed E-state index contributed by atoms with van der Waals surface area (Å²) < 4.78 is 18.0. The maximum absolute atomic E-state index is 6.18. The lowest BCUT2D eigenvalue weighted by Gasteiger charge is -2.40. The van der Waals surface area contributed by atoms with Crippen molar-refractivity contribution in [1.82, 2.24) is 24.8 Å². The number of H-pyrrole nitrogens is 1. The number of ether oxygens (including phenoxy) is 3.